The van der Waals surface area contributed by atoms with Crippen molar-refractivity contribution in [3.05, 3.63) is 0 Å². The van der Waals surface area contributed by atoms with Gasteiger partial charge in [0.05, 0.1) is 6.42 Å². The maximum Gasteiger partial charge on any atom is 0.390 e. The molecule has 2 nitrogen and oxygen atoms in total. The summed E-state index contributed by atoms with van der Waals surface area (Å²) in [6.45, 7) is 4.14. The molecule has 0 spiro atoms. The molecule has 0 heterocycles. The van der Waals surface area contributed by atoms with Crippen molar-refractivity contribution in [3.63, 3.8) is 0 Å². The Balaban J connectivity index is 3.50. The van der Waals surface area contributed by atoms with Gasteiger partial charge in [-0.1, -0.05) is 13.3 Å². The number of halogens is 3. The molecule has 0 saturated carbocycles. The highest BCUT2D eigenvalue weighted by Crippen LogP contribution is 2.21. The Bertz CT molecular complexity index is 159. The summed E-state index contributed by atoms with van der Waals surface area (Å²) in [6.07, 6.45) is -2.20. The predicted octanol–water partition coefficient (Wildman–Crippen LogP) is 2.43. The second kappa shape index (κ2) is 7.06. The van der Waals surface area contributed by atoms with Gasteiger partial charge in [-0.05, 0) is 26.3 Å². The SMILES string of the molecule is CCCC(N)CCNC(C)CC(F)(F)F. The minimum Gasteiger partial charge on any atom is -0.328 e. The van der Waals surface area contributed by atoms with Gasteiger partial charge in [-0.2, -0.15) is 13.2 Å². The second-order valence-electron chi connectivity index (χ2n) is 4.01. The molecule has 0 saturated heterocycles. The zero-order chi connectivity index (χ0) is 11.9. The van der Waals surface area contributed by atoms with Gasteiger partial charge in [0.2, 0.25) is 0 Å². The lowest BCUT2D eigenvalue weighted by molar-refractivity contribution is -0.139. The molecule has 0 rings (SSSR count). The van der Waals surface area contributed by atoms with Crippen molar-refractivity contribution in [2.45, 2.75) is 57.8 Å². The molecule has 2 unspecified atom stereocenters. The van der Waals surface area contributed by atoms with E-state index in [0.717, 1.165) is 19.3 Å². The van der Waals surface area contributed by atoms with Crippen LogP contribution < -0.4 is 11.1 Å². The standard InChI is InChI=1S/C10H21F3N2/c1-3-4-9(14)5-6-15-8(2)7-10(11,12)13/h8-9,15H,3-7,14H2,1-2H3. The van der Waals surface area contributed by atoms with E-state index in [1.165, 1.54) is 0 Å². The Labute approximate surface area is 89.4 Å². The van der Waals surface area contributed by atoms with Gasteiger partial charge in [-0.3, -0.25) is 0 Å². The van der Waals surface area contributed by atoms with Gasteiger partial charge in [0.25, 0.3) is 0 Å². The fraction of sp³-hybridized carbons (Fsp3) is 1.00. The van der Waals surface area contributed by atoms with Crippen LogP contribution in [0.15, 0.2) is 0 Å². The van der Waals surface area contributed by atoms with Crippen LogP contribution in [0.4, 0.5) is 13.2 Å². The van der Waals surface area contributed by atoms with Gasteiger partial charge in [0, 0.05) is 12.1 Å². The molecule has 5 heteroatoms. The van der Waals surface area contributed by atoms with E-state index in [9.17, 15) is 13.2 Å². The molecule has 0 aromatic rings. The highest BCUT2D eigenvalue weighted by molar-refractivity contribution is 4.68. The molecule has 0 radical (unpaired) electrons. The van der Waals surface area contributed by atoms with Crippen LogP contribution >= 0.6 is 0 Å². The molecule has 0 aromatic heterocycles. The first kappa shape index (κ1) is 14.7. The van der Waals surface area contributed by atoms with Crippen molar-refractivity contribution in [2.24, 2.45) is 5.73 Å². The van der Waals surface area contributed by atoms with Crippen molar-refractivity contribution in [1.29, 1.82) is 0 Å². The third kappa shape index (κ3) is 10.0. The summed E-state index contributed by atoms with van der Waals surface area (Å²) in [6, 6.07) is -0.431. The van der Waals surface area contributed by atoms with Crippen LogP contribution in [0.2, 0.25) is 0 Å². The average Bonchev–Trinajstić information content (AvgIpc) is 2.00. The molecule has 3 N–H and O–H groups in total. The quantitative estimate of drug-likeness (QED) is 0.699. The predicted molar refractivity (Wildman–Crippen MR) is 55.6 cm³/mol. The van der Waals surface area contributed by atoms with Crippen LogP contribution in [-0.2, 0) is 0 Å². The van der Waals surface area contributed by atoms with E-state index in [0.29, 0.717) is 6.54 Å². The van der Waals surface area contributed by atoms with Crippen LogP contribution in [0, 0.1) is 0 Å². The largest absolute Gasteiger partial charge is 0.390 e. The number of hydrogen-bond acceptors (Lipinski definition) is 2. The minimum absolute atomic E-state index is 0.0978. The molecule has 15 heavy (non-hydrogen) atoms. The molecule has 2 atom stereocenters. The third-order valence-electron chi connectivity index (χ3n) is 2.21. The molecule has 0 aliphatic heterocycles. The zero-order valence-corrected chi connectivity index (χ0v) is 9.40. The highest BCUT2D eigenvalue weighted by Gasteiger charge is 2.29. The van der Waals surface area contributed by atoms with Crippen LogP contribution in [0.3, 0.4) is 0 Å². The Kier molecular flexibility index (Phi) is 6.92. The summed E-state index contributed by atoms with van der Waals surface area (Å²) in [7, 11) is 0. The van der Waals surface area contributed by atoms with E-state index in [4.69, 9.17) is 5.73 Å². The lowest BCUT2D eigenvalue weighted by Crippen LogP contribution is -2.34. The van der Waals surface area contributed by atoms with Gasteiger partial charge in [0.15, 0.2) is 0 Å². The van der Waals surface area contributed by atoms with Crippen LogP contribution in [0.1, 0.15) is 39.5 Å². The number of alkyl halides is 3. The first-order valence-electron chi connectivity index (χ1n) is 5.41. The third-order valence-corrected chi connectivity index (χ3v) is 2.21. The van der Waals surface area contributed by atoms with Gasteiger partial charge in [-0.25, -0.2) is 0 Å². The fourth-order valence-corrected chi connectivity index (χ4v) is 1.45. The van der Waals surface area contributed by atoms with Crippen LogP contribution in [-0.4, -0.2) is 24.8 Å². The topological polar surface area (TPSA) is 38.0 Å². The lowest BCUT2D eigenvalue weighted by Gasteiger charge is -2.17. The molecular formula is C10H21F3N2. The Hall–Kier alpha value is -0.290. The van der Waals surface area contributed by atoms with Gasteiger partial charge < -0.3 is 11.1 Å². The summed E-state index contributed by atoms with van der Waals surface area (Å²) in [5.74, 6) is 0. The normalized spacial score (nSPS) is 16.4. The maximum atomic E-state index is 11.9. The first-order valence-corrected chi connectivity index (χ1v) is 5.41. The average molecular weight is 226 g/mol. The highest BCUT2D eigenvalue weighted by atomic mass is 19.4. The molecule has 0 aliphatic rings. The zero-order valence-electron chi connectivity index (χ0n) is 9.40. The Morgan fingerprint density at radius 1 is 1.27 bits per heavy atom. The molecule has 92 valence electrons. The monoisotopic (exact) mass is 226 g/mol. The van der Waals surface area contributed by atoms with E-state index >= 15 is 0 Å². The van der Waals surface area contributed by atoms with E-state index in [-0.39, 0.29) is 6.04 Å². The number of rotatable bonds is 7. The molecular weight excluding hydrogens is 205 g/mol. The fourth-order valence-electron chi connectivity index (χ4n) is 1.45. The number of nitrogens with two attached hydrogens (primary N) is 1. The summed E-state index contributed by atoms with van der Waals surface area (Å²) in [5, 5.41) is 2.83. The smallest absolute Gasteiger partial charge is 0.328 e. The van der Waals surface area contributed by atoms with Gasteiger partial charge in [0.1, 0.15) is 0 Å². The summed E-state index contributed by atoms with van der Waals surface area (Å²) in [5.41, 5.74) is 5.74. The summed E-state index contributed by atoms with van der Waals surface area (Å²) < 4.78 is 35.8. The number of nitrogens with one attached hydrogen (secondary N) is 1. The Morgan fingerprint density at radius 3 is 2.33 bits per heavy atom. The second-order valence-corrected chi connectivity index (χ2v) is 4.01. The molecule has 0 aliphatic carbocycles. The van der Waals surface area contributed by atoms with Crippen LogP contribution in [0.25, 0.3) is 0 Å². The van der Waals surface area contributed by atoms with Gasteiger partial charge >= 0.3 is 6.18 Å². The maximum absolute atomic E-state index is 11.9. The summed E-state index contributed by atoms with van der Waals surface area (Å²) >= 11 is 0. The van der Waals surface area contributed by atoms with Crippen molar-refractivity contribution in [2.75, 3.05) is 6.54 Å². The molecule has 0 amide bonds. The van der Waals surface area contributed by atoms with E-state index in [1.807, 2.05) is 6.92 Å². The first-order chi connectivity index (χ1) is 6.85. The van der Waals surface area contributed by atoms with E-state index in [1.54, 1.807) is 6.92 Å². The van der Waals surface area contributed by atoms with Crippen molar-refractivity contribution in [1.82, 2.24) is 5.32 Å². The van der Waals surface area contributed by atoms with E-state index < -0.39 is 18.6 Å². The van der Waals surface area contributed by atoms with E-state index in [2.05, 4.69) is 5.32 Å². The van der Waals surface area contributed by atoms with Crippen molar-refractivity contribution >= 4 is 0 Å². The lowest BCUT2D eigenvalue weighted by atomic mass is 10.1. The Morgan fingerprint density at radius 2 is 1.87 bits per heavy atom. The molecule has 0 fully saturated rings. The number of hydrogen-bond donors (Lipinski definition) is 2. The van der Waals surface area contributed by atoms with Gasteiger partial charge in [-0.15, -0.1) is 0 Å². The minimum atomic E-state index is -4.09. The molecule has 0 aromatic carbocycles. The van der Waals surface area contributed by atoms with Crippen LogP contribution in [0.5, 0.6) is 0 Å². The summed E-state index contributed by atoms with van der Waals surface area (Å²) in [4.78, 5) is 0. The molecule has 0 bridgehead atoms. The van der Waals surface area contributed by atoms with Crippen molar-refractivity contribution < 1.29 is 13.2 Å². The van der Waals surface area contributed by atoms with Crippen molar-refractivity contribution in [3.8, 4) is 0 Å².